The van der Waals surface area contributed by atoms with Crippen LogP contribution in [0.3, 0.4) is 0 Å². The van der Waals surface area contributed by atoms with Crippen molar-refractivity contribution in [1.29, 1.82) is 0 Å². The van der Waals surface area contributed by atoms with Gasteiger partial charge in [-0.05, 0) is 81.1 Å². The van der Waals surface area contributed by atoms with Gasteiger partial charge in [0.05, 0.1) is 23.3 Å². The van der Waals surface area contributed by atoms with Crippen LogP contribution in [0.15, 0.2) is 55.0 Å². The van der Waals surface area contributed by atoms with Crippen molar-refractivity contribution in [3.8, 4) is 0 Å². The van der Waals surface area contributed by atoms with E-state index in [-0.39, 0.29) is 49.4 Å². The first-order valence-corrected chi connectivity index (χ1v) is 14.1. The molecule has 0 unspecified atom stereocenters. The number of imidazole rings is 1. The van der Waals surface area contributed by atoms with E-state index in [9.17, 15) is 27.2 Å². The molecule has 1 aliphatic rings. The van der Waals surface area contributed by atoms with Crippen molar-refractivity contribution in [2.75, 3.05) is 36.4 Å². The van der Waals surface area contributed by atoms with E-state index in [1.165, 1.54) is 35.5 Å². The van der Waals surface area contributed by atoms with Gasteiger partial charge in [0.1, 0.15) is 16.9 Å². The van der Waals surface area contributed by atoms with Gasteiger partial charge < -0.3 is 24.8 Å². The molecule has 1 saturated heterocycles. The van der Waals surface area contributed by atoms with Crippen LogP contribution in [0.4, 0.5) is 33.7 Å². The third-order valence-electron chi connectivity index (χ3n) is 7.18. The van der Waals surface area contributed by atoms with Crippen LogP contribution in [0.1, 0.15) is 47.8 Å². The molecular weight excluding hydrogens is 580 g/mol. The minimum Gasteiger partial charge on any atom is -0.444 e. The lowest BCUT2D eigenvalue weighted by atomic mass is 10.0. The number of benzene rings is 2. The van der Waals surface area contributed by atoms with Crippen molar-refractivity contribution in [2.45, 2.75) is 45.4 Å². The van der Waals surface area contributed by atoms with Crippen LogP contribution in [0, 0.1) is 5.82 Å². The summed E-state index contributed by atoms with van der Waals surface area (Å²) >= 11 is 0. The molecule has 2 amide bonds. The van der Waals surface area contributed by atoms with Gasteiger partial charge in [0.15, 0.2) is 5.65 Å². The highest BCUT2D eigenvalue weighted by molar-refractivity contribution is 6.06. The second kappa shape index (κ2) is 12.1. The average Bonchev–Trinajstić information content (AvgIpc) is 3.43. The van der Waals surface area contributed by atoms with E-state index >= 15 is 0 Å². The number of alkyl halides is 3. The molecule has 9 nitrogen and oxygen atoms in total. The normalized spacial score (nSPS) is 14.2. The summed E-state index contributed by atoms with van der Waals surface area (Å²) in [6.45, 7) is 6.16. The lowest BCUT2D eigenvalue weighted by molar-refractivity contribution is -0.136. The second-order valence-corrected chi connectivity index (χ2v) is 11.5. The van der Waals surface area contributed by atoms with Crippen molar-refractivity contribution >= 4 is 34.5 Å². The number of H-pyrrole nitrogens is 1. The number of hydrogen-bond acceptors (Lipinski definition) is 6. The molecule has 5 rings (SSSR count). The number of anilines is 2. The number of nitrogens with zero attached hydrogens (tertiary/aromatic N) is 4. The molecular formula is C31H32F4N6O3. The van der Waals surface area contributed by atoms with E-state index < -0.39 is 40.8 Å². The summed E-state index contributed by atoms with van der Waals surface area (Å²) in [4.78, 5) is 40.3. The lowest BCUT2D eigenvalue weighted by Crippen LogP contribution is -2.50. The molecule has 0 radical (unpaired) electrons. The number of aryl methyl sites for hydroxylation is 2. The van der Waals surface area contributed by atoms with Gasteiger partial charge in [0.2, 0.25) is 0 Å². The monoisotopic (exact) mass is 612 g/mol. The number of piperazine rings is 1. The fourth-order valence-electron chi connectivity index (χ4n) is 5.00. The summed E-state index contributed by atoms with van der Waals surface area (Å²) in [7, 11) is 0. The Labute approximate surface area is 251 Å². The standard InChI is InChI=1S/C31H32F4N6O3/c1-30(2,3)44-29(43)41-13-11-40(12-14-41)25-6-4-5-22(31(33,34)35)26(25)39-28(42)21-9-10-23(32)20(16-21)8-7-19-15-24-27(36-17-19)38-18-37-24/h4-6,9-10,15-18H,7-8,11-14H2,1-3H3,(H,39,42)(H,36,37,38). The Hall–Kier alpha value is -4.68. The maximum absolute atomic E-state index is 14.7. The fraction of sp³-hybridized carbons (Fsp3) is 0.355. The largest absolute Gasteiger partial charge is 0.444 e. The molecule has 0 bridgehead atoms. The molecule has 2 aromatic carbocycles. The summed E-state index contributed by atoms with van der Waals surface area (Å²) in [6, 6.07) is 9.22. The van der Waals surface area contributed by atoms with Gasteiger partial charge in [-0.3, -0.25) is 4.79 Å². The number of halogens is 4. The number of carbonyl (C=O) groups is 2. The SMILES string of the molecule is CC(C)(C)OC(=O)N1CCN(c2cccc(C(F)(F)F)c2NC(=O)c2ccc(F)c(CCc3cnc4[nH]cnc4c3)c2)CC1. The molecule has 0 aliphatic carbocycles. The second-order valence-electron chi connectivity index (χ2n) is 11.5. The molecule has 232 valence electrons. The van der Waals surface area contributed by atoms with Crippen LogP contribution in [0.2, 0.25) is 0 Å². The van der Waals surface area contributed by atoms with Crippen LogP contribution in [0.25, 0.3) is 11.2 Å². The topological polar surface area (TPSA) is 103 Å². The Morgan fingerprint density at radius 1 is 1.00 bits per heavy atom. The first-order valence-electron chi connectivity index (χ1n) is 14.1. The number of hydrogen-bond donors (Lipinski definition) is 2. The highest BCUT2D eigenvalue weighted by Crippen LogP contribution is 2.40. The molecule has 1 fully saturated rings. The van der Waals surface area contributed by atoms with E-state index in [2.05, 4.69) is 20.3 Å². The molecule has 0 saturated carbocycles. The van der Waals surface area contributed by atoms with Gasteiger partial charge in [0.25, 0.3) is 5.91 Å². The zero-order chi connectivity index (χ0) is 31.6. The van der Waals surface area contributed by atoms with Gasteiger partial charge in [-0.25, -0.2) is 19.2 Å². The number of aromatic nitrogens is 3. The summed E-state index contributed by atoms with van der Waals surface area (Å²) in [5, 5.41) is 2.45. The Balaban J connectivity index is 1.34. The van der Waals surface area contributed by atoms with E-state index in [1.807, 2.05) is 6.07 Å². The number of carbonyl (C=O) groups excluding carboxylic acids is 2. The quantitative estimate of drug-likeness (QED) is 0.251. The van der Waals surface area contributed by atoms with Gasteiger partial charge in [-0.2, -0.15) is 13.2 Å². The van der Waals surface area contributed by atoms with Crippen LogP contribution >= 0.6 is 0 Å². The van der Waals surface area contributed by atoms with Crippen molar-refractivity contribution < 1.29 is 31.9 Å². The van der Waals surface area contributed by atoms with E-state index in [4.69, 9.17) is 4.74 Å². The summed E-state index contributed by atoms with van der Waals surface area (Å²) in [5.74, 6) is -1.34. The number of aromatic amines is 1. The Morgan fingerprint density at radius 3 is 2.45 bits per heavy atom. The zero-order valence-corrected chi connectivity index (χ0v) is 24.5. The predicted molar refractivity (Wildman–Crippen MR) is 157 cm³/mol. The number of ether oxygens (including phenoxy) is 1. The number of rotatable bonds is 6. The Morgan fingerprint density at radius 2 is 1.75 bits per heavy atom. The summed E-state index contributed by atoms with van der Waals surface area (Å²) in [5.41, 5.74) is 0.431. The minimum atomic E-state index is -4.76. The number of fused-ring (bicyclic) bond motifs is 1. The highest BCUT2D eigenvalue weighted by Gasteiger charge is 2.36. The van der Waals surface area contributed by atoms with E-state index in [0.717, 1.165) is 17.7 Å². The number of nitrogens with one attached hydrogen (secondary N) is 2. The Kier molecular flexibility index (Phi) is 8.49. The molecule has 13 heteroatoms. The third-order valence-corrected chi connectivity index (χ3v) is 7.18. The first kappa shape index (κ1) is 30.8. The van der Waals surface area contributed by atoms with Crippen molar-refractivity contribution in [3.63, 3.8) is 0 Å². The third kappa shape index (κ3) is 7.09. The highest BCUT2D eigenvalue weighted by atomic mass is 19.4. The number of amides is 2. The van der Waals surface area contributed by atoms with E-state index in [0.29, 0.717) is 17.6 Å². The minimum absolute atomic E-state index is 0.0138. The molecule has 4 aromatic rings. The number of pyridine rings is 1. The molecule has 2 aromatic heterocycles. The maximum atomic E-state index is 14.7. The maximum Gasteiger partial charge on any atom is 0.418 e. The molecule has 44 heavy (non-hydrogen) atoms. The van der Waals surface area contributed by atoms with Crippen LogP contribution in [-0.2, 0) is 23.8 Å². The van der Waals surface area contributed by atoms with Crippen LogP contribution in [-0.4, -0.2) is 63.6 Å². The van der Waals surface area contributed by atoms with Gasteiger partial charge in [-0.1, -0.05) is 6.07 Å². The van der Waals surface area contributed by atoms with E-state index in [1.54, 1.807) is 31.9 Å². The predicted octanol–water partition coefficient (Wildman–Crippen LogP) is 6.21. The molecule has 2 N–H and O–H groups in total. The zero-order valence-electron chi connectivity index (χ0n) is 24.5. The summed E-state index contributed by atoms with van der Waals surface area (Å²) < 4.78 is 62.5. The smallest absolute Gasteiger partial charge is 0.418 e. The average molecular weight is 613 g/mol. The lowest BCUT2D eigenvalue weighted by Gasteiger charge is -2.37. The van der Waals surface area contributed by atoms with Crippen molar-refractivity contribution in [2.24, 2.45) is 0 Å². The van der Waals surface area contributed by atoms with Crippen LogP contribution < -0.4 is 10.2 Å². The summed E-state index contributed by atoms with van der Waals surface area (Å²) in [6.07, 6.45) is -1.44. The molecule has 0 spiro atoms. The fourth-order valence-corrected chi connectivity index (χ4v) is 5.00. The van der Waals surface area contributed by atoms with Crippen molar-refractivity contribution in [3.05, 3.63) is 83.1 Å². The van der Waals surface area contributed by atoms with Gasteiger partial charge in [-0.15, -0.1) is 0 Å². The molecule has 1 aliphatic heterocycles. The first-order chi connectivity index (χ1) is 20.8. The number of para-hydroxylation sites is 1. The van der Waals surface area contributed by atoms with Gasteiger partial charge in [0, 0.05) is 37.9 Å². The van der Waals surface area contributed by atoms with Gasteiger partial charge >= 0.3 is 12.3 Å². The Bertz CT molecular complexity index is 1670. The molecule has 3 heterocycles. The molecule has 0 atom stereocenters. The van der Waals surface area contributed by atoms with Crippen molar-refractivity contribution in [1.82, 2.24) is 19.9 Å². The van der Waals surface area contributed by atoms with Crippen LogP contribution in [0.5, 0.6) is 0 Å².